The summed E-state index contributed by atoms with van der Waals surface area (Å²) < 4.78 is 0. The summed E-state index contributed by atoms with van der Waals surface area (Å²) in [7, 11) is 2.29. The Balaban J connectivity index is 2.96. The SMILES string of the molecule is CCC(C)N(C)C1(CN)CCCCC1C(C)C. The van der Waals surface area contributed by atoms with Gasteiger partial charge in [0.05, 0.1) is 0 Å². The Kier molecular flexibility index (Phi) is 5.46. The third-order valence-electron chi connectivity index (χ3n) is 5.18. The van der Waals surface area contributed by atoms with Crippen molar-refractivity contribution in [3.05, 3.63) is 0 Å². The highest BCUT2D eigenvalue weighted by atomic mass is 15.2. The van der Waals surface area contributed by atoms with Crippen LogP contribution in [0.3, 0.4) is 0 Å². The lowest BCUT2D eigenvalue weighted by molar-refractivity contribution is -0.0195. The Morgan fingerprint density at radius 2 is 1.94 bits per heavy atom. The van der Waals surface area contributed by atoms with Crippen LogP contribution in [-0.4, -0.2) is 30.1 Å². The highest BCUT2D eigenvalue weighted by Crippen LogP contribution is 2.42. The normalized spacial score (nSPS) is 32.1. The predicted octanol–water partition coefficient (Wildman–Crippen LogP) is 3.26. The van der Waals surface area contributed by atoms with Gasteiger partial charge >= 0.3 is 0 Å². The molecule has 1 aliphatic rings. The van der Waals surface area contributed by atoms with Gasteiger partial charge in [0.25, 0.3) is 0 Å². The van der Waals surface area contributed by atoms with Gasteiger partial charge in [-0.05, 0) is 45.1 Å². The van der Waals surface area contributed by atoms with E-state index in [9.17, 15) is 0 Å². The van der Waals surface area contributed by atoms with Crippen molar-refractivity contribution in [1.29, 1.82) is 0 Å². The lowest BCUT2D eigenvalue weighted by atomic mass is 9.66. The molecule has 3 unspecified atom stereocenters. The monoisotopic (exact) mass is 240 g/mol. The van der Waals surface area contributed by atoms with Gasteiger partial charge in [0.1, 0.15) is 0 Å². The lowest BCUT2D eigenvalue weighted by Crippen LogP contribution is -2.62. The first-order valence-corrected chi connectivity index (χ1v) is 7.42. The zero-order valence-electron chi connectivity index (χ0n) is 12.5. The molecule has 0 aromatic carbocycles. The molecule has 0 amide bonds. The molecule has 2 N–H and O–H groups in total. The maximum atomic E-state index is 6.22. The van der Waals surface area contributed by atoms with E-state index in [2.05, 4.69) is 39.6 Å². The van der Waals surface area contributed by atoms with Crippen molar-refractivity contribution in [2.45, 2.75) is 71.4 Å². The summed E-state index contributed by atoms with van der Waals surface area (Å²) >= 11 is 0. The second kappa shape index (κ2) is 6.19. The van der Waals surface area contributed by atoms with Crippen LogP contribution < -0.4 is 5.73 Å². The Morgan fingerprint density at radius 1 is 1.29 bits per heavy atom. The molecule has 2 nitrogen and oxygen atoms in total. The highest BCUT2D eigenvalue weighted by Gasteiger charge is 2.44. The Hall–Kier alpha value is -0.0800. The maximum Gasteiger partial charge on any atom is 0.0362 e. The van der Waals surface area contributed by atoms with Crippen LogP contribution in [0, 0.1) is 11.8 Å². The number of nitrogens with zero attached hydrogens (tertiary/aromatic N) is 1. The van der Waals surface area contributed by atoms with Gasteiger partial charge in [0, 0.05) is 18.1 Å². The summed E-state index contributed by atoms with van der Waals surface area (Å²) in [5.74, 6) is 1.51. The van der Waals surface area contributed by atoms with Gasteiger partial charge < -0.3 is 5.73 Å². The fourth-order valence-electron chi connectivity index (χ4n) is 3.75. The number of hydrogen-bond donors (Lipinski definition) is 1. The molecule has 0 aliphatic heterocycles. The first-order valence-electron chi connectivity index (χ1n) is 7.42. The molecule has 0 radical (unpaired) electrons. The van der Waals surface area contributed by atoms with Crippen LogP contribution in [0.4, 0.5) is 0 Å². The second-order valence-corrected chi connectivity index (χ2v) is 6.27. The van der Waals surface area contributed by atoms with Gasteiger partial charge in [-0.15, -0.1) is 0 Å². The van der Waals surface area contributed by atoms with Crippen molar-refractivity contribution in [3.63, 3.8) is 0 Å². The lowest BCUT2D eigenvalue weighted by Gasteiger charge is -2.53. The first kappa shape index (κ1) is 15.0. The van der Waals surface area contributed by atoms with Gasteiger partial charge in [-0.1, -0.05) is 33.6 Å². The Labute approximate surface area is 108 Å². The van der Waals surface area contributed by atoms with Gasteiger partial charge in [-0.2, -0.15) is 0 Å². The van der Waals surface area contributed by atoms with E-state index < -0.39 is 0 Å². The average molecular weight is 240 g/mol. The molecule has 1 saturated carbocycles. The molecule has 0 aromatic rings. The van der Waals surface area contributed by atoms with Crippen LogP contribution in [0.2, 0.25) is 0 Å². The molecular weight excluding hydrogens is 208 g/mol. The summed E-state index contributed by atoms with van der Waals surface area (Å²) in [6, 6.07) is 0.637. The third kappa shape index (κ3) is 2.85. The predicted molar refractivity (Wildman–Crippen MR) is 76.1 cm³/mol. The molecular formula is C15H32N2. The number of hydrogen-bond acceptors (Lipinski definition) is 2. The maximum absolute atomic E-state index is 6.22. The van der Waals surface area contributed by atoms with E-state index in [1.807, 2.05) is 0 Å². The molecule has 0 heterocycles. The van der Waals surface area contributed by atoms with Crippen molar-refractivity contribution in [2.24, 2.45) is 17.6 Å². The van der Waals surface area contributed by atoms with E-state index in [0.717, 1.165) is 18.4 Å². The van der Waals surface area contributed by atoms with E-state index in [0.29, 0.717) is 6.04 Å². The minimum Gasteiger partial charge on any atom is -0.329 e. The van der Waals surface area contributed by atoms with Crippen LogP contribution in [0.1, 0.15) is 59.8 Å². The van der Waals surface area contributed by atoms with Crippen molar-refractivity contribution >= 4 is 0 Å². The summed E-state index contributed by atoms with van der Waals surface area (Å²) in [5, 5.41) is 0. The Bertz CT molecular complexity index is 227. The van der Waals surface area contributed by atoms with Crippen LogP contribution in [-0.2, 0) is 0 Å². The molecule has 17 heavy (non-hydrogen) atoms. The van der Waals surface area contributed by atoms with E-state index in [1.165, 1.54) is 32.1 Å². The minimum absolute atomic E-state index is 0.252. The second-order valence-electron chi connectivity index (χ2n) is 6.27. The summed E-state index contributed by atoms with van der Waals surface area (Å²) in [6.45, 7) is 10.2. The molecule has 0 spiro atoms. The number of likely N-dealkylation sites (N-methyl/N-ethyl adjacent to an activating group) is 1. The summed E-state index contributed by atoms with van der Waals surface area (Å²) in [4.78, 5) is 2.59. The average Bonchev–Trinajstić information content (AvgIpc) is 2.36. The van der Waals surface area contributed by atoms with Crippen molar-refractivity contribution < 1.29 is 0 Å². The molecule has 2 heteroatoms. The molecule has 3 atom stereocenters. The highest BCUT2D eigenvalue weighted by molar-refractivity contribution is 5.01. The van der Waals surface area contributed by atoms with E-state index in [-0.39, 0.29) is 5.54 Å². The molecule has 1 rings (SSSR count). The largest absolute Gasteiger partial charge is 0.329 e. The topological polar surface area (TPSA) is 29.3 Å². The summed E-state index contributed by atoms with van der Waals surface area (Å²) in [5.41, 5.74) is 6.47. The van der Waals surface area contributed by atoms with E-state index in [1.54, 1.807) is 0 Å². The van der Waals surface area contributed by atoms with Crippen molar-refractivity contribution in [2.75, 3.05) is 13.6 Å². The minimum atomic E-state index is 0.252. The molecule has 0 aromatic heterocycles. The number of nitrogens with two attached hydrogens (primary N) is 1. The smallest absolute Gasteiger partial charge is 0.0362 e. The fraction of sp³-hybridized carbons (Fsp3) is 1.00. The van der Waals surface area contributed by atoms with Gasteiger partial charge in [-0.3, -0.25) is 4.90 Å². The number of rotatable bonds is 5. The van der Waals surface area contributed by atoms with Crippen LogP contribution in [0.15, 0.2) is 0 Å². The molecule has 102 valence electrons. The Morgan fingerprint density at radius 3 is 2.41 bits per heavy atom. The fourth-order valence-corrected chi connectivity index (χ4v) is 3.75. The third-order valence-corrected chi connectivity index (χ3v) is 5.18. The summed E-state index contributed by atoms with van der Waals surface area (Å²) in [6.07, 6.45) is 6.59. The van der Waals surface area contributed by atoms with E-state index in [4.69, 9.17) is 5.73 Å². The van der Waals surface area contributed by atoms with Crippen LogP contribution >= 0.6 is 0 Å². The standard InChI is InChI=1S/C15H32N2/c1-6-13(4)17(5)15(11-16)10-8-7-9-14(15)12(2)3/h12-14H,6-11,16H2,1-5H3. The van der Waals surface area contributed by atoms with Gasteiger partial charge in [0.2, 0.25) is 0 Å². The molecule has 0 saturated heterocycles. The molecule has 1 aliphatic carbocycles. The molecule has 1 fully saturated rings. The first-order chi connectivity index (χ1) is 7.99. The van der Waals surface area contributed by atoms with Crippen molar-refractivity contribution in [3.8, 4) is 0 Å². The van der Waals surface area contributed by atoms with Crippen molar-refractivity contribution in [1.82, 2.24) is 4.90 Å². The van der Waals surface area contributed by atoms with Gasteiger partial charge in [0.15, 0.2) is 0 Å². The van der Waals surface area contributed by atoms with Crippen LogP contribution in [0.5, 0.6) is 0 Å². The molecule has 0 bridgehead atoms. The van der Waals surface area contributed by atoms with E-state index >= 15 is 0 Å². The zero-order chi connectivity index (χ0) is 13.1. The van der Waals surface area contributed by atoms with Gasteiger partial charge in [-0.25, -0.2) is 0 Å². The quantitative estimate of drug-likeness (QED) is 0.799. The zero-order valence-corrected chi connectivity index (χ0v) is 12.5. The van der Waals surface area contributed by atoms with Crippen LogP contribution in [0.25, 0.3) is 0 Å².